The van der Waals surface area contributed by atoms with Gasteiger partial charge in [-0.2, -0.15) is 0 Å². The van der Waals surface area contributed by atoms with Crippen LogP contribution in [-0.4, -0.2) is 57.3 Å². The molecule has 0 aliphatic rings. The highest BCUT2D eigenvalue weighted by Gasteiger charge is 2.28. The highest BCUT2D eigenvalue weighted by molar-refractivity contribution is 5.80. The van der Waals surface area contributed by atoms with Crippen molar-refractivity contribution in [1.82, 2.24) is 5.32 Å². The van der Waals surface area contributed by atoms with Crippen LogP contribution in [0.25, 0.3) is 0 Å². The molecule has 4 unspecified atom stereocenters. The Bertz CT molecular complexity index is 658. The van der Waals surface area contributed by atoms with E-state index >= 15 is 0 Å². The molecule has 0 saturated carbocycles. The summed E-state index contributed by atoms with van der Waals surface area (Å²) in [6.45, 7) is 3.94. The summed E-state index contributed by atoms with van der Waals surface area (Å²) in [5.41, 5.74) is 0. The van der Waals surface area contributed by atoms with E-state index in [1.807, 2.05) is 0 Å². The van der Waals surface area contributed by atoms with E-state index in [0.29, 0.717) is 12.8 Å². The zero-order valence-electron chi connectivity index (χ0n) is 30.6. The minimum atomic E-state index is -1.25. The summed E-state index contributed by atoms with van der Waals surface area (Å²) in [4.78, 5) is 12.4. The van der Waals surface area contributed by atoms with Gasteiger partial charge in [-0.05, 0) is 38.5 Å². The summed E-state index contributed by atoms with van der Waals surface area (Å²) < 4.78 is 0. The fourth-order valence-electron chi connectivity index (χ4n) is 6.22. The minimum Gasteiger partial charge on any atom is -0.394 e. The maximum Gasteiger partial charge on any atom is 0.249 e. The molecule has 0 saturated heterocycles. The number of aliphatic hydroxyl groups is 4. The molecule has 0 aliphatic heterocycles. The number of carbonyl (C=O) groups excluding carboxylic acids is 1. The lowest BCUT2D eigenvalue weighted by Crippen LogP contribution is -2.53. The second kappa shape index (κ2) is 35.4. The van der Waals surface area contributed by atoms with Crippen LogP contribution in [0.5, 0.6) is 0 Å². The van der Waals surface area contributed by atoms with Crippen molar-refractivity contribution in [3.05, 3.63) is 12.2 Å². The molecular formula is C40H79NO5. The molecule has 0 radical (unpaired) electrons. The molecule has 0 bridgehead atoms. The molecule has 0 fully saturated rings. The molecule has 1 amide bonds. The van der Waals surface area contributed by atoms with E-state index in [-0.39, 0.29) is 0 Å². The van der Waals surface area contributed by atoms with Crippen molar-refractivity contribution in [3.8, 4) is 0 Å². The number of nitrogens with one attached hydrogen (secondary N) is 1. The first kappa shape index (κ1) is 45.0. The van der Waals surface area contributed by atoms with E-state index in [0.717, 1.165) is 51.4 Å². The molecule has 0 spiro atoms. The molecule has 0 aromatic rings. The van der Waals surface area contributed by atoms with Gasteiger partial charge in [0, 0.05) is 0 Å². The first-order valence-corrected chi connectivity index (χ1v) is 20.1. The van der Waals surface area contributed by atoms with Gasteiger partial charge < -0.3 is 25.7 Å². The van der Waals surface area contributed by atoms with E-state index in [9.17, 15) is 25.2 Å². The van der Waals surface area contributed by atoms with Crippen LogP contribution < -0.4 is 5.32 Å². The van der Waals surface area contributed by atoms with Crippen molar-refractivity contribution in [2.75, 3.05) is 6.61 Å². The molecular weight excluding hydrogens is 574 g/mol. The fraction of sp³-hybridized carbons (Fsp3) is 0.925. The van der Waals surface area contributed by atoms with Crippen molar-refractivity contribution in [3.63, 3.8) is 0 Å². The molecule has 6 heteroatoms. The summed E-state index contributed by atoms with van der Waals surface area (Å²) >= 11 is 0. The van der Waals surface area contributed by atoms with Gasteiger partial charge in [-0.25, -0.2) is 0 Å². The first-order chi connectivity index (χ1) is 22.5. The Morgan fingerprint density at radius 1 is 0.522 bits per heavy atom. The molecule has 0 heterocycles. The lowest BCUT2D eigenvalue weighted by molar-refractivity contribution is -0.132. The second-order valence-corrected chi connectivity index (χ2v) is 14.0. The van der Waals surface area contributed by atoms with E-state index in [4.69, 9.17) is 0 Å². The Balaban J connectivity index is 3.58. The van der Waals surface area contributed by atoms with Crippen molar-refractivity contribution in [2.45, 2.75) is 231 Å². The molecule has 5 N–H and O–H groups in total. The predicted molar refractivity (Wildman–Crippen MR) is 196 cm³/mol. The van der Waals surface area contributed by atoms with E-state index in [2.05, 4.69) is 31.3 Å². The fourth-order valence-corrected chi connectivity index (χ4v) is 6.22. The number of carbonyl (C=O) groups is 1. The molecule has 6 nitrogen and oxygen atoms in total. The molecule has 0 aromatic carbocycles. The summed E-state index contributed by atoms with van der Waals surface area (Å²) in [5, 5.41) is 43.0. The standard InChI is InChI=1S/C40H79NO5/c1-3-5-7-9-10-11-12-13-14-15-16-17-18-19-20-21-22-23-24-25-26-27-28-30-32-34-38(44)40(46)41-36(35-42)39(45)37(43)33-31-29-8-6-4-2/h19-20,36-39,42-45H,3-18,21-35H2,1-2H3,(H,41,46)/b20-19-. The Morgan fingerprint density at radius 3 is 1.26 bits per heavy atom. The van der Waals surface area contributed by atoms with Gasteiger partial charge in [0.2, 0.25) is 5.91 Å². The van der Waals surface area contributed by atoms with Crippen LogP contribution in [0.3, 0.4) is 0 Å². The van der Waals surface area contributed by atoms with Crippen LogP contribution in [0.1, 0.15) is 206 Å². The SMILES string of the molecule is CCCCCCCCCCCCCC/C=C\CCCCCCCCCCCC(O)C(=O)NC(CO)C(O)C(O)CCCCCCC. The normalized spacial score (nSPS) is 14.5. The third-order valence-electron chi connectivity index (χ3n) is 9.48. The van der Waals surface area contributed by atoms with Gasteiger partial charge in [0.05, 0.1) is 18.8 Å². The Labute approximate surface area is 285 Å². The highest BCUT2D eigenvalue weighted by atomic mass is 16.3. The van der Waals surface area contributed by atoms with Gasteiger partial charge in [0.1, 0.15) is 12.2 Å². The van der Waals surface area contributed by atoms with Crippen LogP contribution in [0.4, 0.5) is 0 Å². The maximum absolute atomic E-state index is 12.4. The number of rotatable bonds is 36. The summed E-state index contributed by atoms with van der Waals surface area (Å²) in [5.74, 6) is -0.590. The second-order valence-electron chi connectivity index (χ2n) is 14.0. The molecule has 4 atom stereocenters. The summed E-state index contributed by atoms with van der Waals surface area (Å²) in [6.07, 6.45) is 37.2. The molecule has 46 heavy (non-hydrogen) atoms. The monoisotopic (exact) mass is 654 g/mol. The average molecular weight is 654 g/mol. The number of hydrogen-bond acceptors (Lipinski definition) is 5. The van der Waals surface area contributed by atoms with Gasteiger partial charge in [0.15, 0.2) is 0 Å². The van der Waals surface area contributed by atoms with Crippen molar-refractivity contribution < 1.29 is 25.2 Å². The number of allylic oxidation sites excluding steroid dienone is 2. The van der Waals surface area contributed by atoms with Crippen LogP contribution in [0.2, 0.25) is 0 Å². The van der Waals surface area contributed by atoms with Gasteiger partial charge in [0.25, 0.3) is 0 Å². The van der Waals surface area contributed by atoms with E-state index in [1.54, 1.807) is 0 Å². The molecule has 274 valence electrons. The Morgan fingerprint density at radius 2 is 0.870 bits per heavy atom. The summed E-state index contributed by atoms with van der Waals surface area (Å²) in [7, 11) is 0. The number of unbranched alkanes of at least 4 members (excludes halogenated alkanes) is 25. The van der Waals surface area contributed by atoms with E-state index in [1.165, 1.54) is 128 Å². The zero-order chi connectivity index (χ0) is 33.9. The van der Waals surface area contributed by atoms with Gasteiger partial charge >= 0.3 is 0 Å². The smallest absolute Gasteiger partial charge is 0.249 e. The van der Waals surface area contributed by atoms with Gasteiger partial charge in [-0.3, -0.25) is 4.79 Å². The first-order valence-electron chi connectivity index (χ1n) is 20.1. The van der Waals surface area contributed by atoms with Crippen molar-refractivity contribution >= 4 is 5.91 Å². The lowest BCUT2D eigenvalue weighted by Gasteiger charge is -2.27. The van der Waals surface area contributed by atoms with Gasteiger partial charge in [-0.15, -0.1) is 0 Å². The van der Waals surface area contributed by atoms with Gasteiger partial charge in [-0.1, -0.05) is 180 Å². The van der Waals surface area contributed by atoms with Crippen molar-refractivity contribution in [2.24, 2.45) is 0 Å². The van der Waals surface area contributed by atoms with Crippen LogP contribution >= 0.6 is 0 Å². The molecule has 0 aromatic heterocycles. The average Bonchev–Trinajstić information content (AvgIpc) is 3.06. The third-order valence-corrected chi connectivity index (χ3v) is 9.48. The predicted octanol–water partition coefficient (Wildman–Crippen LogP) is 9.85. The Kier molecular flexibility index (Phi) is 34.6. The molecule has 0 rings (SSSR count). The topological polar surface area (TPSA) is 110 Å². The number of aliphatic hydroxyl groups excluding tert-OH is 4. The Hall–Kier alpha value is -0.950. The van der Waals surface area contributed by atoms with Crippen LogP contribution in [-0.2, 0) is 4.79 Å². The zero-order valence-corrected chi connectivity index (χ0v) is 30.6. The minimum absolute atomic E-state index is 0.368. The summed E-state index contributed by atoms with van der Waals surface area (Å²) in [6, 6.07) is -0.979. The van der Waals surface area contributed by atoms with Crippen LogP contribution in [0, 0.1) is 0 Å². The largest absolute Gasteiger partial charge is 0.394 e. The highest BCUT2D eigenvalue weighted by Crippen LogP contribution is 2.15. The lowest BCUT2D eigenvalue weighted by atomic mass is 9.99. The maximum atomic E-state index is 12.4. The quantitative estimate of drug-likeness (QED) is 0.0342. The number of amides is 1. The van der Waals surface area contributed by atoms with Crippen LogP contribution in [0.15, 0.2) is 12.2 Å². The molecule has 0 aliphatic carbocycles. The third kappa shape index (κ3) is 29.2. The van der Waals surface area contributed by atoms with Crippen molar-refractivity contribution in [1.29, 1.82) is 0 Å². The van der Waals surface area contributed by atoms with E-state index < -0.39 is 36.9 Å². The number of hydrogen-bond donors (Lipinski definition) is 5.